The molecular weight excluding hydrogens is 901 g/mol. The summed E-state index contributed by atoms with van der Waals surface area (Å²) in [4.78, 5) is 37.9. The third kappa shape index (κ3) is 59.9. The lowest BCUT2D eigenvalue weighted by molar-refractivity contribution is -0.167. The summed E-state index contributed by atoms with van der Waals surface area (Å²) >= 11 is 0. The highest BCUT2D eigenvalue weighted by Gasteiger charge is 2.19. The van der Waals surface area contributed by atoms with Gasteiger partial charge in [0.05, 0.1) is 0 Å². The first-order valence-electron chi connectivity index (χ1n) is 31.8. The predicted molar refractivity (Wildman–Crippen MR) is 316 cm³/mol. The molecule has 0 aliphatic carbocycles. The van der Waals surface area contributed by atoms with Crippen LogP contribution in [0, 0.1) is 0 Å². The molecule has 0 radical (unpaired) electrons. The molecule has 6 heteroatoms. The van der Waals surface area contributed by atoms with Crippen LogP contribution in [0.5, 0.6) is 0 Å². The molecule has 0 heterocycles. The first-order valence-corrected chi connectivity index (χ1v) is 31.8. The average Bonchev–Trinajstić information content (AvgIpc) is 3.39. The second-order valence-corrected chi connectivity index (χ2v) is 21.3. The van der Waals surface area contributed by atoms with Gasteiger partial charge in [0.15, 0.2) is 6.10 Å². The zero-order valence-electron chi connectivity index (χ0n) is 48.7. The molecule has 0 amide bonds. The fourth-order valence-corrected chi connectivity index (χ4v) is 9.25. The first-order chi connectivity index (χ1) is 36.0. The molecule has 0 aliphatic heterocycles. The first kappa shape index (κ1) is 70.1. The lowest BCUT2D eigenvalue weighted by Gasteiger charge is -2.18. The van der Waals surface area contributed by atoms with Gasteiger partial charge in [-0.25, -0.2) is 0 Å². The van der Waals surface area contributed by atoms with Gasteiger partial charge in [0.25, 0.3) is 0 Å². The molecule has 1 unspecified atom stereocenters. The third-order valence-corrected chi connectivity index (χ3v) is 14.0. The summed E-state index contributed by atoms with van der Waals surface area (Å²) in [5, 5.41) is 0. The second kappa shape index (κ2) is 61.7. The fraction of sp³-hybridized carbons (Fsp3) is 0.806. The molecule has 0 aromatic heterocycles. The third-order valence-electron chi connectivity index (χ3n) is 14.0. The molecule has 0 saturated carbocycles. The number of allylic oxidation sites excluding steroid dienone is 10. The second-order valence-electron chi connectivity index (χ2n) is 21.3. The van der Waals surface area contributed by atoms with Gasteiger partial charge >= 0.3 is 17.9 Å². The quantitative estimate of drug-likeness (QED) is 0.0261. The Morgan fingerprint density at radius 2 is 0.534 bits per heavy atom. The summed E-state index contributed by atoms with van der Waals surface area (Å²) in [5.74, 6) is -0.873. The molecule has 0 saturated heterocycles. The highest BCUT2D eigenvalue weighted by atomic mass is 16.6. The van der Waals surface area contributed by atoms with Gasteiger partial charge in [-0.3, -0.25) is 14.4 Å². The van der Waals surface area contributed by atoms with Crippen molar-refractivity contribution >= 4 is 17.9 Å². The topological polar surface area (TPSA) is 78.9 Å². The van der Waals surface area contributed by atoms with Crippen LogP contribution in [0.3, 0.4) is 0 Å². The van der Waals surface area contributed by atoms with E-state index in [1.165, 1.54) is 199 Å². The maximum Gasteiger partial charge on any atom is 0.306 e. The SMILES string of the molecule is CC/C=C\C/C=C\C/C=C\C/C=C\CCCCCCCCCCCCCCC(=O)OCC(COC(=O)CCCCCCC)OC(=O)CCCCCCCCCCCCCCC/C=C\CCCCCCCCCC. The Bertz CT molecular complexity index is 1310. The zero-order chi connectivity index (χ0) is 52.9. The molecular formula is C67H120O6. The largest absolute Gasteiger partial charge is 0.462 e. The Kier molecular flexibility index (Phi) is 59.2. The van der Waals surface area contributed by atoms with E-state index in [1.807, 2.05) is 0 Å². The number of hydrogen-bond donors (Lipinski definition) is 0. The smallest absolute Gasteiger partial charge is 0.306 e. The van der Waals surface area contributed by atoms with Gasteiger partial charge in [0.1, 0.15) is 13.2 Å². The van der Waals surface area contributed by atoms with Crippen molar-refractivity contribution in [1.29, 1.82) is 0 Å². The fourth-order valence-electron chi connectivity index (χ4n) is 9.25. The van der Waals surface area contributed by atoms with Gasteiger partial charge in [0, 0.05) is 19.3 Å². The predicted octanol–water partition coefficient (Wildman–Crippen LogP) is 21.6. The monoisotopic (exact) mass is 1020 g/mol. The van der Waals surface area contributed by atoms with Crippen molar-refractivity contribution in [2.24, 2.45) is 0 Å². The van der Waals surface area contributed by atoms with E-state index in [4.69, 9.17) is 14.2 Å². The molecule has 0 aromatic carbocycles. The molecule has 0 spiro atoms. The van der Waals surface area contributed by atoms with E-state index < -0.39 is 6.10 Å². The maximum absolute atomic E-state index is 12.8. The molecule has 0 fully saturated rings. The summed E-state index contributed by atoms with van der Waals surface area (Å²) in [6, 6.07) is 0. The lowest BCUT2D eigenvalue weighted by Crippen LogP contribution is -2.30. The van der Waals surface area contributed by atoms with E-state index >= 15 is 0 Å². The standard InChI is InChI=1S/C67H120O6/c1-4-7-10-13-15-17-19-21-23-25-27-29-31-33-35-37-39-41-43-45-47-49-51-54-57-60-66(69)72-63-64(62-71-65(68)59-56-53-12-9-6-3)73-67(70)61-58-55-52-50-48-46-44-42-40-38-36-34-32-30-28-26-24-22-20-18-16-14-11-8-5-2/h7,10,15,17,21,23,26-29,64H,4-6,8-9,11-14,16,18-20,22,24-25,30-63H2,1-3H3/b10-7-,17-15-,23-21-,28-26-,29-27-. The van der Waals surface area contributed by atoms with Crippen molar-refractivity contribution in [2.75, 3.05) is 13.2 Å². The number of carbonyl (C=O) groups is 3. The molecule has 0 aliphatic rings. The number of rotatable bonds is 58. The maximum atomic E-state index is 12.8. The summed E-state index contributed by atoms with van der Waals surface area (Å²) in [5.41, 5.74) is 0. The molecule has 0 rings (SSSR count). The van der Waals surface area contributed by atoms with Crippen LogP contribution in [-0.4, -0.2) is 37.2 Å². The Hall–Kier alpha value is -2.89. The Labute approximate surface area is 453 Å². The van der Waals surface area contributed by atoms with Gasteiger partial charge in [-0.05, 0) is 83.5 Å². The van der Waals surface area contributed by atoms with Gasteiger partial charge in [-0.1, -0.05) is 287 Å². The summed E-state index contributed by atoms with van der Waals surface area (Å²) in [7, 11) is 0. The minimum Gasteiger partial charge on any atom is -0.462 e. The Balaban J connectivity index is 4.02. The number of ether oxygens (including phenoxy) is 3. The highest BCUT2D eigenvalue weighted by molar-refractivity contribution is 5.71. The molecule has 6 nitrogen and oxygen atoms in total. The van der Waals surface area contributed by atoms with E-state index in [1.54, 1.807) is 0 Å². The van der Waals surface area contributed by atoms with Crippen LogP contribution in [-0.2, 0) is 28.6 Å². The number of esters is 3. The molecule has 0 bridgehead atoms. The van der Waals surface area contributed by atoms with Crippen LogP contribution in [0.25, 0.3) is 0 Å². The van der Waals surface area contributed by atoms with E-state index in [0.29, 0.717) is 19.3 Å². The van der Waals surface area contributed by atoms with Gasteiger partial charge < -0.3 is 14.2 Å². The van der Waals surface area contributed by atoms with Gasteiger partial charge in [-0.15, -0.1) is 0 Å². The van der Waals surface area contributed by atoms with Crippen molar-refractivity contribution in [3.05, 3.63) is 60.8 Å². The van der Waals surface area contributed by atoms with Crippen LogP contribution in [0.4, 0.5) is 0 Å². The van der Waals surface area contributed by atoms with E-state index in [2.05, 4.69) is 81.5 Å². The van der Waals surface area contributed by atoms with Crippen LogP contribution in [0.15, 0.2) is 60.8 Å². The van der Waals surface area contributed by atoms with Crippen molar-refractivity contribution < 1.29 is 28.6 Å². The van der Waals surface area contributed by atoms with Crippen LogP contribution < -0.4 is 0 Å². The van der Waals surface area contributed by atoms with Crippen molar-refractivity contribution in [3.63, 3.8) is 0 Å². The Morgan fingerprint density at radius 1 is 0.288 bits per heavy atom. The van der Waals surface area contributed by atoms with Crippen LogP contribution in [0.2, 0.25) is 0 Å². The molecule has 0 N–H and O–H groups in total. The lowest BCUT2D eigenvalue weighted by atomic mass is 10.0. The summed E-state index contributed by atoms with van der Waals surface area (Å²) in [6.45, 7) is 6.48. The molecule has 0 aromatic rings. The number of hydrogen-bond acceptors (Lipinski definition) is 6. The summed E-state index contributed by atoms with van der Waals surface area (Å²) < 4.78 is 16.8. The van der Waals surface area contributed by atoms with Crippen molar-refractivity contribution in [1.82, 2.24) is 0 Å². The number of carbonyl (C=O) groups excluding carboxylic acids is 3. The van der Waals surface area contributed by atoms with E-state index in [9.17, 15) is 14.4 Å². The van der Waals surface area contributed by atoms with E-state index in [-0.39, 0.29) is 31.1 Å². The van der Waals surface area contributed by atoms with Gasteiger partial charge in [-0.2, -0.15) is 0 Å². The van der Waals surface area contributed by atoms with E-state index in [0.717, 1.165) is 89.9 Å². The minimum atomic E-state index is -0.770. The molecule has 73 heavy (non-hydrogen) atoms. The van der Waals surface area contributed by atoms with Crippen molar-refractivity contribution in [3.8, 4) is 0 Å². The summed E-state index contributed by atoms with van der Waals surface area (Å²) in [6.07, 6.45) is 78.5. The van der Waals surface area contributed by atoms with Crippen LogP contribution in [0.1, 0.15) is 329 Å². The molecule has 1 atom stereocenters. The van der Waals surface area contributed by atoms with Gasteiger partial charge in [0.2, 0.25) is 0 Å². The highest BCUT2D eigenvalue weighted by Crippen LogP contribution is 2.17. The zero-order valence-corrected chi connectivity index (χ0v) is 48.7. The van der Waals surface area contributed by atoms with Crippen molar-refractivity contribution in [2.45, 2.75) is 335 Å². The van der Waals surface area contributed by atoms with Crippen LogP contribution >= 0.6 is 0 Å². The average molecular weight is 1020 g/mol. The normalized spacial score (nSPS) is 12.4. The Morgan fingerprint density at radius 3 is 0.849 bits per heavy atom. The minimum absolute atomic E-state index is 0.0727. The molecule has 424 valence electrons. The number of unbranched alkanes of at least 4 members (excludes halogenated alkanes) is 37.